The van der Waals surface area contributed by atoms with Gasteiger partial charge in [0, 0.05) is 18.3 Å². The van der Waals surface area contributed by atoms with Gasteiger partial charge in [0.25, 0.3) is 0 Å². The van der Waals surface area contributed by atoms with Gasteiger partial charge in [-0.3, -0.25) is 0 Å². The van der Waals surface area contributed by atoms with Crippen molar-refractivity contribution >= 4 is 10.9 Å². The van der Waals surface area contributed by atoms with Crippen molar-refractivity contribution in [3.8, 4) is 0 Å². The topological polar surface area (TPSA) is 30.9 Å². The van der Waals surface area contributed by atoms with Crippen molar-refractivity contribution in [1.82, 2.24) is 4.57 Å². The first-order chi connectivity index (χ1) is 7.20. The smallest absolute Gasteiger partial charge is 0.0483 e. The minimum Gasteiger partial charge on any atom is -0.347 e. The van der Waals surface area contributed by atoms with E-state index < -0.39 is 0 Å². The van der Waals surface area contributed by atoms with E-state index in [1.54, 1.807) is 0 Å². The van der Waals surface area contributed by atoms with Crippen LogP contribution in [0.4, 0.5) is 0 Å². The molecule has 0 bridgehead atoms. The Hall–Kier alpha value is -1.28. The second-order valence-corrected chi connectivity index (χ2v) is 4.37. The van der Waals surface area contributed by atoms with Gasteiger partial charge in [0.15, 0.2) is 0 Å². The molecule has 0 aliphatic heterocycles. The van der Waals surface area contributed by atoms with Crippen LogP contribution in [-0.2, 0) is 6.54 Å². The molecule has 0 aliphatic carbocycles. The predicted octanol–water partition coefficient (Wildman–Crippen LogP) is 2.54. The molecule has 2 N–H and O–H groups in total. The fourth-order valence-corrected chi connectivity index (χ4v) is 1.86. The largest absolute Gasteiger partial charge is 0.347 e. The molecule has 1 atom stereocenters. The highest BCUT2D eigenvalue weighted by molar-refractivity contribution is 5.80. The number of hydrogen-bond donors (Lipinski definition) is 1. The minimum atomic E-state index is 0.529. The standard InChI is InChI=1S/C13H18N2/c1-10-3-4-12-5-6-15(13(12)7-10)9-11(2)8-14/h3-7,11H,8-9,14H2,1-2H3. The molecular formula is C13H18N2. The SMILES string of the molecule is Cc1ccc2ccn(CC(C)CN)c2c1. The van der Waals surface area contributed by atoms with Gasteiger partial charge in [-0.2, -0.15) is 0 Å². The van der Waals surface area contributed by atoms with Gasteiger partial charge in [0.2, 0.25) is 0 Å². The molecule has 0 saturated heterocycles. The van der Waals surface area contributed by atoms with Crippen molar-refractivity contribution in [3.63, 3.8) is 0 Å². The lowest BCUT2D eigenvalue weighted by atomic mass is 10.1. The number of fused-ring (bicyclic) bond motifs is 1. The van der Waals surface area contributed by atoms with E-state index in [9.17, 15) is 0 Å². The lowest BCUT2D eigenvalue weighted by Crippen LogP contribution is -2.16. The molecule has 2 rings (SSSR count). The van der Waals surface area contributed by atoms with Crippen molar-refractivity contribution in [2.24, 2.45) is 11.7 Å². The zero-order valence-electron chi connectivity index (χ0n) is 9.40. The van der Waals surface area contributed by atoms with E-state index in [-0.39, 0.29) is 0 Å². The van der Waals surface area contributed by atoms with Crippen LogP contribution in [0.5, 0.6) is 0 Å². The van der Waals surface area contributed by atoms with Crippen LogP contribution < -0.4 is 5.73 Å². The molecule has 0 aliphatic rings. The molecule has 0 amide bonds. The van der Waals surface area contributed by atoms with Crippen LogP contribution in [0.1, 0.15) is 12.5 Å². The first-order valence-electron chi connectivity index (χ1n) is 5.46. The third kappa shape index (κ3) is 2.05. The van der Waals surface area contributed by atoms with Crippen molar-refractivity contribution in [2.45, 2.75) is 20.4 Å². The maximum absolute atomic E-state index is 5.65. The molecule has 0 spiro atoms. The normalized spacial score (nSPS) is 13.3. The quantitative estimate of drug-likeness (QED) is 0.814. The molecule has 0 fully saturated rings. The van der Waals surface area contributed by atoms with Crippen LogP contribution >= 0.6 is 0 Å². The number of rotatable bonds is 3. The van der Waals surface area contributed by atoms with Gasteiger partial charge in [0.05, 0.1) is 0 Å². The van der Waals surface area contributed by atoms with E-state index in [2.05, 4.69) is 48.9 Å². The Morgan fingerprint density at radius 3 is 2.87 bits per heavy atom. The number of benzene rings is 1. The molecule has 1 aromatic heterocycles. The van der Waals surface area contributed by atoms with Gasteiger partial charge in [-0.1, -0.05) is 19.1 Å². The van der Waals surface area contributed by atoms with Crippen LogP contribution in [0.2, 0.25) is 0 Å². The van der Waals surface area contributed by atoms with Crippen LogP contribution in [0.3, 0.4) is 0 Å². The molecule has 15 heavy (non-hydrogen) atoms. The highest BCUT2D eigenvalue weighted by Crippen LogP contribution is 2.18. The first kappa shape index (κ1) is 10.2. The van der Waals surface area contributed by atoms with E-state index in [0.717, 1.165) is 13.1 Å². The summed E-state index contributed by atoms with van der Waals surface area (Å²) in [6, 6.07) is 8.73. The maximum Gasteiger partial charge on any atom is 0.0483 e. The summed E-state index contributed by atoms with van der Waals surface area (Å²) in [5.41, 5.74) is 8.27. The van der Waals surface area contributed by atoms with Crippen LogP contribution in [-0.4, -0.2) is 11.1 Å². The van der Waals surface area contributed by atoms with Gasteiger partial charge in [-0.25, -0.2) is 0 Å². The lowest BCUT2D eigenvalue weighted by Gasteiger charge is -2.11. The van der Waals surface area contributed by atoms with Gasteiger partial charge in [-0.05, 0) is 42.5 Å². The average Bonchev–Trinajstić information content (AvgIpc) is 2.61. The monoisotopic (exact) mass is 202 g/mol. The van der Waals surface area contributed by atoms with Gasteiger partial charge < -0.3 is 10.3 Å². The summed E-state index contributed by atoms with van der Waals surface area (Å²) < 4.78 is 2.29. The third-order valence-electron chi connectivity index (χ3n) is 2.84. The van der Waals surface area contributed by atoms with E-state index >= 15 is 0 Å². The van der Waals surface area contributed by atoms with Crippen molar-refractivity contribution in [1.29, 1.82) is 0 Å². The molecule has 1 aromatic carbocycles. The molecule has 1 heterocycles. The van der Waals surface area contributed by atoms with Crippen LogP contribution in [0.15, 0.2) is 30.5 Å². The zero-order valence-corrected chi connectivity index (χ0v) is 9.40. The summed E-state index contributed by atoms with van der Waals surface area (Å²) in [4.78, 5) is 0. The summed E-state index contributed by atoms with van der Waals surface area (Å²) >= 11 is 0. The Morgan fingerprint density at radius 1 is 1.33 bits per heavy atom. The molecule has 0 radical (unpaired) electrons. The second kappa shape index (κ2) is 4.07. The van der Waals surface area contributed by atoms with E-state index in [0.29, 0.717) is 5.92 Å². The Bertz CT molecular complexity index is 457. The highest BCUT2D eigenvalue weighted by atomic mass is 15.0. The van der Waals surface area contributed by atoms with E-state index in [4.69, 9.17) is 5.73 Å². The van der Waals surface area contributed by atoms with E-state index in [1.807, 2.05) is 0 Å². The highest BCUT2D eigenvalue weighted by Gasteiger charge is 2.04. The number of aryl methyl sites for hydroxylation is 1. The fraction of sp³-hybridized carbons (Fsp3) is 0.385. The molecule has 1 unspecified atom stereocenters. The Kier molecular flexibility index (Phi) is 2.78. The molecule has 80 valence electrons. The predicted molar refractivity (Wildman–Crippen MR) is 64.9 cm³/mol. The second-order valence-electron chi connectivity index (χ2n) is 4.37. The number of hydrogen-bond acceptors (Lipinski definition) is 1. The summed E-state index contributed by atoms with van der Waals surface area (Å²) in [5.74, 6) is 0.529. The number of nitrogens with two attached hydrogens (primary N) is 1. The Balaban J connectivity index is 2.39. The lowest BCUT2D eigenvalue weighted by molar-refractivity contribution is 0.502. The fourth-order valence-electron chi connectivity index (χ4n) is 1.86. The molecule has 2 heteroatoms. The number of nitrogens with zero attached hydrogens (tertiary/aromatic N) is 1. The molecular weight excluding hydrogens is 184 g/mol. The minimum absolute atomic E-state index is 0.529. The van der Waals surface area contributed by atoms with Crippen LogP contribution in [0, 0.1) is 12.8 Å². The summed E-state index contributed by atoms with van der Waals surface area (Å²) in [6.45, 7) is 6.06. The third-order valence-corrected chi connectivity index (χ3v) is 2.84. The Labute approximate surface area is 90.7 Å². The average molecular weight is 202 g/mol. The summed E-state index contributed by atoms with van der Waals surface area (Å²) in [6.07, 6.45) is 2.15. The van der Waals surface area contributed by atoms with Crippen molar-refractivity contribution in [3.05, 3.63) is 36.0 Å². The summed E-state index contributed by atoms with van der Waals surface area (Å²) in [5, 5.41) is 1.31. The molecule has 0 saturated carbocycles. The summed E-state index contributed by atoms with van der Waals surface area (Å²) in [7, 11) is 0. The van der Waals surface area contributed by atoms with Gasteiger partial charge in [-0.15, -0.1) is 0 Å². The van der Waals surface area contributed by atoms with Crippen molar-refractivity contribution < 1.29 is 0 Å². The van der Waals surface area contributed by atoms with Gasteiger partial charge in [0.1, 0.15) is 0 Å². The Morgan fingerprint density at radius 2 is 2.13 bits per heavy atom. The van der Waals surface area contributed by atoms with E-state index in [1.165, 1.54) is 16.5 Å². The molecule has 2 aromatic rings. The van der Waals surface area contributed by atoms with Gasteiger partial charge >= 0.3 is 0 Å². The van der Waals surface area contributed by atoms with Crippen molar-refractivity contribution in [2.75, 3.05) is 6.54 Å². The maximum atomic E-state index is 5.65. The van der Waals surface area contributed by atoms with Crippen LogP contribution in [0.25, 0.3) is 10.9 Å². The molecule has 2 nitrogen and oxygen atoms in total. The first-order valence-corrected chi connectivity index (χ1v) is 5.46. The zero-order chi connectivity index (χ0) is 10.8. The number of aromatic nitrogens is 1.